The Morgan fingerprint density at radius 2 is 1.95 bits per heavy atom. The topological polar surface area (TPSA) is 0 Å². The van der Waals surface area contributed by atoms with Gasteiger partial charge in [0.2, 0.25) is 0 Å². The van der Waals surface area contributed by atoms with Crippen molar-refractivity contribution in [2.45, 2.75) is 26.2 Å². The molecule has 1 atom stereocenters. The number of hydrogen-bond donors (Lipinski definition) is 0. The van der Waals surface area contributed by atoms with Gasteiger partial charge >= 0.3 is 0 Å². The summed E-state index contributed by atoms with van der Waals surface area (Å²) in [6, 6.07) is 10.3. The summed E-state index contributed by atoms with van der Waals surface area (Å²) in [4.78, 5) is 0. The molecule has 2 aromatic rings. The lowest BCUT2D eigenvalue weighted by Crippen LogP contribution is -2.12. The first-order valence-corrected chi connectivity index (χ1v) is 7.38. The average Bonchev–Trinajstić information content (AvgIpc) is 2.50. The lowest BCUT2D eigenvalue weighted by atomic mass is 9.82. The van der Waals surface area contributed by atoms with E-state index in [0.717, 1.165) is 30.9 Å². The van der Waals surface area contributed by atoms with Gasteiger partial charge in [-0.05, 0) is 54.9 Å². The van der Waals surface area contributed by atoms with Gasteiger partial charge in [0.1, 0.15) is 0 Å². The Kier molecular flexibility index (Phi) is 3.87. The third-order valence-corrected chi connectivity index (χ3v) is 4.20. The number of benzene rings is 2. The molecule has 0 aliphatic heterocycles. The van der Waals surface area contributed by atoms with Crippen LogP contribution in [0.1, 0.15) is 24.5 Å². The second-order valence-corrected chi connectivity index (χ2v) is 5.61. The normalized spacial score (nSPS) is 18.0. The molecule has 21 heavy (non-hydrogen) atoms. The van der Waals surface area contributed by atoms with Gasteiger partial charge in [-0.1, -0.05) is 42.5 Å². The van der Waals surface area contributed by atoms with Crippen LogP contribution in [-0.4, -0.2) is 0 Å². The molecule has 108 valence electrons. The summed E-state index contributed by atoms with van der Waals surface area (Å²) < 4.78 is 27.3. The maximum Gasteiger partial charge on any atom is 0.166 e. The minimum atomic E-state index is -0.793. The van der Waals surface area contributed by atoms with Gasteiger partial charge in [-0.25, -0.2) is 8.78 Å². The number of aryl methyl sites for hydroxylation is 1. The monoisotopic (exact) mass is 284 g/mol. The van der Waals surface area contributed by atoms with Gasteiger partial charge in [0, 0.05) is 5.56 Å². The Hall–Kier alpha value is -1.96. The molecule has 1 aliphatic carbocycles. The Morgan fingerprint density at radius 3 is 2.76 bits per heavy atom. The smallest absolute Gasteiger partial charge is 0.166 e. The molecule has 2 aromatic carbocycles. The lowest BCUT2D eigenvalue weighted by Gasteiger charge is -2.23. The van der Waals surface area contributed by atoms with E-state index < -0.39 is 11.6 Å². The Labute approximate surface area is 124 Å². The summed E-state index contributed by atoms with van der Waals surface area (Å²) in [7, 11) is 0. The number of allylic oxidation sites excluding steroid dienone is 2. The molecule has 0 bridgehead atoms. The lowest BCUT2D eigenvalue weighted by molar-refractivity contribution is 0.511. The molecular weight excluding hydrogens is 266 g/mol. The van der Waals surface area contributed by atoms with Gasteiger partial charge in [0.15, 0.2) is 11.6 Å². The summed E-state index contributed by atoms with van der Waals surface area (Å²) >= 11 is 0. The number of hydrogen-bond acceptors (Lipinski definition) is 0. The van der Waals surface area contributed by atoms with E-state index in [1.54, 1.807) is 12.1 Å². The predicted molar refractivity (Wildman–Crippen MR) is 82.1 cm³/mol. The third-order valence-electron chi connectivity index (χ3n) is 4.20. The zero-order chi connectivity index (χ0) is 14.8. The zero-order valence-corrected chi connectivity index (χ0v) is 12.1. The van der Waals surface area contributed by atoms with Crippen LogP contribution in [0, 0.1) is 17.6 Å². The first-order chi connectivity index (χ1) is 10.2. The van der Waals surface area contributed by atoms with E-state index >= 15 is 0 Å². The van der Waals surface area contributed by atoms with Crippen LogP contribution in [-0.2, 0) is 12.8 Å². The first-order valence-electron chi connectivity index (χ1n) is 7.38. The van der Waals surface area contributed by atoms with Gasteiger partial charge in [-0.3, -0.25) is 0 Å². The van der Waals surface area contributed by atoms with Crippen LogP contribution in [0.4, 0.5) is 8.78 Å². The maximum atomic E-state index is 13.9. The number of fused-ring (bicyclic) bond motifs is 1. The molecule has 0 heterocycles. The molecule has 0 fully saturated rings. The first kappa shape index (κ1) is 14.0. The second-order valence-electron chi connectivity index (χ2n) is 5.61. The fourth-order valence-electron chi connectivity index (χ4n) is 3.11. The van der Waals surface area contributed by atoms with Gasteiger partial charge in [0.05, 0.1) is 0 Å². The van der Waals surface area contributed by atoms with Gasteiger partial charge in [-0.15, -0.1) is 0 Å². The van der Waals surface area contributed by atoms with E-state index in [2.05, 4.69) is 18.2 Å². The van der Waals surface area contributed by atoms with Gasteiger partial charge in [0.25, 0.3) is 0 Å². The summed E-state index contributed by atoms with van der Waals surface area (Å²) in [5, 5.41) is 0. The standard InChI is InChI=1S/C19H18F2/c1-2-4-13-7-8-15-12-16(10-9-14(15)11-13)17-5-3-6-18(20)19(17)21/h2-6,9-10,12-13H,7-8,11H2,1H3/b4-2+. The highest BCUT2D eigenvalue weighted by Gasteiger charge is 2.18. The number of halogens is 2. The van der Waals surface area contributed by atoms with Crippen molar-refractivity contribution in [1.29, 1.82) is 0 Å². The van der Waals surface area contributed by atoms with Crippen LogP contribution < -0.4 is 0 Å². The molecule has 0 radical (unpaired) electrons. The van der Waals surface area contributed by atoms with E-state index in [0.29, 0.717) is 11.5 Å². The summed E-state index contributed by atoms with van der Waals surface area (Å²) in [5.74, 6) is -0.960. The minimum Gasteiger partial charge on any atom is -0.204 e. The van der Waals surface area contributed by atoms with E-state index in [1.807, 2.05) is 19.1 Å². The van der Waals surface area contributed by atoms with E-state index in [-0.39, 0.29) is 0 Å². The second kappa shape index (κ2) is 5.80. The van der Waals surface area contributed by atoms with Crippen molar-refractivity contribution >= 4 is 0 Å². The largest absolute Gasteiger partial charge is 0.204 e. The van der Waals surface area contributed by atoms with Crippen molar-refractivity contribution in [2.24, 2.45) is 5.92 Å². The van der Waals surface area contributed by atoms with Crippen LogP contribution in [0.5, 0.6) is 0 Å². The highest BCUT2D eigenvalue weighted by Crippen LogP contribution is 2.31. The zero-order valence-electron chi connectivity index (χ0n) is 12.1. The molecular formula is C19H18F2. The molecule has 0 spiro atoms. The van der Waals surface area contributed by atoms with Crippen molar-refractivity contribution in [3.8, 4) is 11.1 Å². The van der Waals surface area contributed by atoms with Crippen molar-refractivity contribution < 1.29 is 8.78 Å². The van der Waals surface area contributed by atoms with Crippen LogP contribution in [0.3, 0.4) is 0 Å². The van der Waals surface area contributed by atoms with E-state index in [9.17, 15) is 8.78 Å². The van der Waals surface area contributed by atoms with Crippen LogP contribution in [0.15, 0.2) is 48.6 Å². The molecule has 1 unspecified atom stereocenters. The Bertz CT molecular complexity index is 686. The van der Waals surface area contributed by atoms with Crippen molar-refractivity contribution in [3.63, 3.8) is 0 Å². The highest BCUT2D eigenvalue weighted by molar-refractivity contribution is 5.66. The molecule has 0 nitrogen and oxygen atoms in total. The van der Waals surface area contributed by atoms with E-state index in [4.69, 9.17) is 0 Å². The molecule has 1 aliphatic rings. The Balaban J connectivity index is 1.96. The summed E-state index contributed by atoms with van der Waals surface area (Å²) in [6.07, 6.45) is 7.50. The fraction of sp³-hybridized carbons (Fsp3) is 0.263. The third kappa shape index (κ3) is 2.76. The van der Waals surface area contributed by atoms with Crippen molar-refractivity contribution in [3.05, 3.63) is 71.3 Å². The predicted octanol–water partition coefficient (Wildman–Crippen LogP) is 5.31. The Morgan fingerprint density at radius 1 is 1.10 bits per heavy atom. The van der Waals surface area contributed by atoms with E-state index in [1.165, 1.54) is 11.1 Å². The number of rotatable bonds is 2. The van der Waals surface area contributed by atoms with Crippen LogP contribution in [0.25, 0.3) is 11.1 Å². The fourth-order valence-corrected chi connectivity index (χ4v) is 3.11. The van der Waals surface area contributed by atoms with Crippen LogP contribution in [0.2, 0.25) is 0 Å². The van der Waals surface area contributed by atoms with Gasteiger partial charge < -0.3 is 0 Å². The highest BCUT2D eigenvalue weighted by atomic mass is 19.2. The molecule has 0 saturated heterocycles. The SMILES string of the molecule is C/C=C/C1CCc2cc(-c3cccc(F)c3F)ccc2C1. The summed E-state index contributed by atoms with van der Waals surface area (Å²) in [6.45, 7) is 2.05. The molecule has 0 saturated carbocycles. The molecule has 0 aromatic heterocycles. The molecule has 0 N–H and O–H groups in total. The van der Waals surface area contributed by atoms with Crippen LogP contribution >= 0.6 is 0 Å². The van der Waals surface area contributed by atoms with Gasteiger partial charge in [-0.2, -0.15) is 0 Å². The quantitative estimate of drug-likeness (QED) is 0.655. The maximum absolute atomic E-state index is 13.9. The van der Waals surface area contributed by atoms with Crippen molar-refractivity contribution in [1.82, 2.24) is 0 Å². The molecule has 3 rings (SSSR count). The molecule has 2 heteroatoms. The molecule has 0 amide bonds. The average molecular weight is 284 g/mol. The minimum absolute atomic E-state index is 0.341. The van der Waals surface area contributed by atoms with Crippen molar-refractivity contribution in [2.75, 3.05) is 0 Å². The summed E-state index contributed by atoms with van der Waals surface area (Å²) in [5.41, 5.74) is 3.69.